The monoisotopic (exact) mass is 371 g/mol. The van der Waals surface area contributed by atoms with Crippen molar-refractivity contribution in [2.45, 2.75) is 32.3 Å². The minimum atomic E-state index is -0.673. The second-order valence-corrected chi connectivity index (χ2v) is 7.35. The van der Waals surface area contributed by atoms with Crippen molar-refractivity contribution in [3.05, 3.63) is 59.9 Å². The number of halogens is 1. The van der Waals surface area contributed by atoms with Crippen LogP contribution in [0.25, 0.3) is 11.1 Å². The summed E-state index contributed by atoms with van der Waals surface area (Å²) in [7, 11) is 0. The number of hydrogen-bond acceptors (Lipinski definition) is 3. The summed E-state index contributed by atoms with van der Waals surface area (Å²) in [5.74, 6) is -0.448. The van der Waals surface area contributed by atoms with Crippen molar-refractivity contribution in [2.24, 2.45) is 5.41 Å². The van der Waals surface area contributed by atoms with Crippen LogP contribution in [-0.2, 0) is 0 Å². The number of hydrogen-bond donors (Lipinski definition) is 2. The zero-order chi connectivity index (χ0) is 19.4. The van der Waals surface area contributed by atoms with Crippen LogP contribution < -0.4 is 0 Å². The fraction of sp³-hybridized carbons (Fsp3) is 0.409. The topological polar surface area (TPSA) is 60.8 Å². The maximum Gasteiger partial charge on any atom is 0.254 e. The molecule has 1 heterocycles. The van der Waals surface area contributed by atoms with E-state index in [-0.39, 0.29) is 18.3 Å². The molecule has 27 heavy (non-hydrogen) atoms. The third kappa shape index (κ3) is 3.89. The number of likely N-dealkylation sites (tertiary alicyclic amines) is 1. The Balaban J connectivity index is 1.91. The van der Waals surface area contributed by atoms with E-state index in [1.807, 2.05) is 25.1 Å². The normalized spacial score (nSPS) is 22.7. The van der Waals surface area contributed by atoms with E-state index in [1.165, 1.54) is 12.1 Å². The van der Waals surface area contributed by atoms with Crippen LogP contribution in [0.15, 0.2) is 48.5 Å². The molecule has 5 heteroatoms. The average Bonchev–Trinajstić information content (AvgIpc) is 2.70. The third-order valence-electron chi connectivity index (χ3n) is 5.55. The Morgan fingerprint density at radius 3 is 2.59 bits per heavy atom. The van der Waals surface area contributed by atoms with Gasteiger partial charge < -0.3 is 15.1 Å². The third-order valence-corrected chi connectivity index (χ3v) is 5.55. The summed E-state index contributed by atoms with van der Waals surface area (Å²) in [6.07, 6.45) is 1.32. The first-order valence-corrected chi connectivity index (χ1v) is 9.44. The van der Waals surface area contributed by atoms with Crippen molar-refractivity contribution in [2.75, 3.05) is 19.7 Å². The molecule has 1 aliphatic rings. The van der Waals surface area contributed by atoms with E-state index in [2.05, 4.69) is 0 Å². The van der Waals surface area contributed by atoms with E-state index < -0.39 is 11.5 Å². The molecule has 0 unspecified atom stereocenters. The quantitative estimate of drug-likeness (QED) is 0.846. The highest BCUT2D eigenvalue weighted by atomic mass is 19.1. The van der Waals surface area contributed by atoms with Crippen molar-refractivity contribution in [1.29, 1.82) is 0 Å². The molecule has 1 fully saturated rings. The van der Waals surface area contributed by atoms with Crippen molar-refractivity contribution in [3.63, 3.8) is 0 Å². The van der Waals surface area contributed by atoms with E-state index in [9.17, 15) is 19.4 Å². The molecule has 2 atom stereocenters. The van der Waals surface area contributed by atoms with Crippen LogP contribution in [0.5, 0.6) is 0 Å². The number of aliphatic hydroxyl groups excluding tert-OH is 2. The smallest absolute Gasteiger partial charge is 0.254 e. The van der Waals surface area contributed by atoms with Crippen LogP contribution in [0.2, 0.25) is 0 Å². The van der Waals surface area contributed by atoms with Crippen molar-refractivity contribution in [3.8, 4) is 11.1 Å². The van der Waals surface area contributed by atoms with Gasteiger partial charge in [-0.3, -0.25) is 4.79 Å². The highest BCUT2D eigenvalue weighted by Gasteiger charge is 2.43. The van der Waals surface area contributed by atoms with E-state index in [1.54, 1.807) is 23.1 Å². The number of carbonyl (C=O) groups is 1. The lowest BCUT2D eigenvalue weighted by molar-refractivity contribution is -0.0720. The summed E-state index contributed by atoms with van der Waals surface area (Å²) in [4.78, 5) is 15.0. The molecule has 144 valence electrons. The van der Waals surface area contributed by atoms with Gasteiger partial charge in [-0.05, 0) is 42.2 Å². The summed E-state index contributed by atoms with van der Waals surface area (Å²) in [5.41, 5.74) is 1.40. The van der Waals surface area contributed by atoms with E-state index in [0.29, 0.717) is 31.5 Å². The molecule has 2 N–H and O–H groups in total. The lowest BCUT2D eigenvalue weighted by Crippen LogP contribution is -2.55. The van der Waals surface area contributed by atoms with Gasteiger partial charge in [0, 0.05) is 24.1 Å². The molecule has 0 bridgehead atoms. The van der Waals surface area contributed by atoms with Gasteiger partial charge in [0.25, 0.3) is 5.91 Å². The zero-order valence-electron chi connectivity index (χ0n) is 15.6. The Hall–Kier alpha value is -2.24. The Bertz CT molecular complexity index is 792. The van der Waals surface area contributed by atoms with Crippen LogP contribution in [0, 0.1) is 11.2 Å². The number of piperidine rings is 1. The predicted molar refractivity (Wildman–Crippen MR) is 103 cm³/mol. The van der Waals surface area contributed by atoms with E-state index >= 15 is 0 Å². The first kappa shape index (κ1) is 19.5. The van der Waals surface area contributed by atoms with Crippen LogP contribution in [-0.4, -0.2) is 46.8 Å². The second kappa shape index (κ2) is 8.19. The van der Waals surface area contributed by atoms with Gasteiger partial charge in [-0.2, -0.15) is 0 Å². The molecule has 1 aliphatic heterocycles. The number of carbonyl (C=O) groups excluding carboxylic acids is 1. The molecule has 0 aromatic heterocycles. The van der Waals surface area contributed by atoms with Gasteiger partial charge in [-0.15, -0.1) is 0 Å². The number of rotatable bonds is 5. The Morgan fingerprint density at radius 2 is 1.93 bits per heavy atom. The highest BCUT2D eigenvalue weighted by molar-refractivity contribution is 6.01. The number of aliphatic hydroxyl groups is 2. The van der Waals surface area contributed by atoms with Crippen LogP contribution in [0.4, 0.5) is 4.39 Å². The fourth-order valence-corrected chi connectivity index (χ4v) is 4.02. The fourth-order valence-electron chi connectivity index (χ4n) is 4.02. The average molecular weight is 371 g/mol. The van der Waals surface area contributed by atoms with E-state index in [0.717, 1.165) is 17.5 Å². The van der Waals surface area contributed by atoms with Crippen LogP contribution in [0.3, 0.4) is 0 Å². The largest absolute Gasteiger partial charge is 0.396 e. The minimum Gasteiger partial charge on any atom is -0.396 e. The van der Waals surface area contributed by atoms with Crippen molar-refractivity contribution in [1.82, 2.24) is 4.90 Å². The van der Waals surface area contributed by atoms with Gasteiger partial charge in [0.15, 0.2) is 0 Å². The number of amides is 1. The molecule has 2 aromatic carbocycles. The van der Waals surface area contributed by atoms with E-state index in [4.69, 9.17) is 0 Å². The zero-order valence-corrected chi connectivity index (χ0v) is 15.6. The summed E-state index contributed by atoms with van der Waals surface area (Å²) < 4.78 is 13.3. The maximum absolute atomic E-state index is 13.3. The van der Waals surface area contributed by atoms with Crippen molar-refractivity contribution < 1.29 is 19.4 Å². The van der Waals surface area contributed by atoms with Gasteiger partial charge in [0.05, 0.1) is 12.7 Å². The summed E-state index contributed by atoms with van der Waals surface area (Å²) in [5, 5.41) is 20.4. The molecular formula is C22H26FNO3. The molecule has 4 nitrogen and oxygen atoms in total. The highest BCUT2D eigenvalue weighted by Crippen LogP contribution is 2.36. The molecule has 0 spiro atoms. The lowest BCUT2D eigenvalue weighted by atomic mass is 9.74. The van der Waals surface area contributed by atoms with Crippen molar-refractivity contribution >= 4 is 5.91 Å². The standard InChI is InChI=1S/C22H26FNO3/c1-2-12-22(15-25)14-24(13-11-20(22)26)21(27)19-6-4-3-5-18(19)16-7-9-17(23)10-8-16/h3-10,20,25-26H,2,11-15H2,1H3/t20-,22-/m0/s1. The molecule has 0 saturated carbocycles. The number of benzene rings is 2. The Kier molecular flexibility index (Phi) is 5.92. The summed E-state index contributed by atoms with van der Waals surface area (Å²) >= 11 is 0. The summed E-state index contributed by atoms with van der Waals surface area (Å²) in [6.45, 7) is 2.64. The Labute approximate surface area is 159 Å². The lowest BCUT2D eigenvalue weighted by Gasteiger charge is -2.45. The molecule has 0 aliphatic carbocycles. The van der Waals surface area contributed by atoms with Gasteiger partial charge in [-0.1, -0.05) is 43.7 Å². The molecular weight excluding hydrogens is 345 g/mol. The van der Waals surface area contributed by atoms with Gasteiger partial charge in [0.2, 0.25) is 0 Å². The number of nitrogens with zero attached hydrogens (tertiary/aromatic N) is 1. The minimum absolute atomic E-state index is 0.129. The molecule has 3 rings (SSSR count). The van der Waals surface area contributed by atoms with Gasteiger partial charge in [-0.25, -0.2) is 4.39 Å². The Morgan fingerprint density at radius 1 is 1.22 bits per heavy atom. The second-order valence-electron chi connectivity index (χ2n) is 7.35. The first-order valence-electron chi connectivity index (χ1n) is 9.44. The van der Waals surface area contributed by atoms with Gasteiger partial charge >= 0.3 is 0 Å². The van der Waals surface area contributed by atoms with Gasteiger partial charge in [0.1, 0.15) is 5.82 Å². The maximum atomic E-state index is 13.3. The molecule has 0 radical (unpaired) electrons. The molecule has 2 aromatic rings. The predicted octanol–water partition coefficient (Wildman–Crippen LogP) is 3.48. The SMILES string of the molecule is CCC[C@@]1(CO)CN(C(=O)c2ccccc2-c2ccc(F)cc2)CC[C@@H]1O. The van der Waals surface area contributed by atoms with Crippen LogP contribution >= 0.6 is 0 Å². The first-order chi connectivity index (χ1) is 13.0. The molecule has 1 amide bonds. The summed E-state index contributed by atoms with van der Waals surface area (Å²) in [6, 6.07) is 13.4. The molecule has 1 saturated heterocycles. The van der Waals surface area contributed by atoms with Crippen LogP contribution in [0.1, 0.15) is 36.5 Å².